The summed E-state index contributed by atoms with van der Waals surface area (Å²) in [6.45, 7) is 10.2. The van der Waals surface area contributed by atoms with Crippen LogP contribution in [-0.2, 0) is 0 Å². The largest absolute Gasteiger partial charge is 0.314 e. The van der Waals surface area contributed by atoms with E-state index in [1.54, 1.807) is 0 Å². The normalized spacial score (nSPS) is 16.9. The van der Waals surface area contributed by atoms with E-state index in [-0.39, 0.29) is 0 Å². The minimum absolute atomic E-state index is 0.465. The summed E-state index contributed by atoms with van der Waals surface area (Å²) in [7, 11) is 0. The second-order valence-corrected chi connectivity index (χ2v) is 13.8. The molecule has 5 aromatic carbocycles. The number of fused-ring (bicyclic) bond motifs is 1. The van der Waals surface area contributed by atoms with Crippen LogP contribution in [0, 0.1) is 18.8 Å². The first kappa shape index (κ1) is 42.8. The van der Waals surface area contributed by atoms with E-state index >= 15 is 0 Å². The van der Waals surface area contributed by atoms with Gasteiger partial charge < -0.3 is 4.90 Å². The van der Waals surface area contributed by atoms with Crippen LogP contribution in [0.15, 0.2) is 199 Å². The molecule has 58 heavy (non-hydrogen) atoms. The van der Waals surface area contributed by atoms with Gasteiger partial charge in [-0.15, -0.1) is 12.8 Å². The maximum atomic E-state index is 4.00. The summed E-state index contributed by atoms with van der Waals surface area (Å²) in [5, 5.41) is 5.22. The fourth-order valence-electron chi connectivity index (χ4n) is 7.95. The van der Waals surface area contributed by atoms with E-state index < -0.39 is 0 Å². The predicted molar refractivity (Wildman–Crippen MR) is 256 cm³/mol. The second-order valence-electron chi connectivity index (χ2n) is 13.8. The number of hydrogen-bond acceptors (Lipinski definition) is 1. The Morgan fingerprint density at radius 1 is 0.724 bits per heavy atom. The first-order valence-corrected chi connectivity index (χ1v) is 21.1. The van der Waals surface area contributed by atoms with E-state index in [1.165, 1.54) is 71.7 Å². The van der Waals surface area contributed by atoms with Crippen molar-refractivity contribution in [2.45, 2.75) is 66.7 Å². The molecule has 3 aliphatic carbocycles. The molecule has 0 spiro atoms. The molecule has 0 aromatic heterocycles. The molecule has 1 heteroatoms. The van der Waals surface area contributed by atoms with Gasteiger partial charge in [-0.25, -0.2) is 0 Å². The molecule has 0 bridgehead atoms. The first-order valence-electron chi connectivity index (χ1n) is 21.1. The minimum atomic E-state index is 0.465. The highest BCUT2D eigenvalue weighted by Crippen LogP contribution is 2.40. The van der Waals surface area contributed by atoms with Crippen molar-refractivity contribution < 1.29 is 0 Å². The van der Waals surface area contributed by atoms with E-state index in [9.17, 15) is 0 Å². The van der Waals surface area contributed by atoms with Gasteiger partial charge in [0.15, 0.2) is 0 Å². The number of anilines is 1. The van der Waals surface area contributed by atoms with Crippen molar-refractivity contribution in [1.29, 1.82) is 0 Å². The van der Waals surface area contributed by atoms with Crippen molar-refractivity contribution in [3.63, 3.8) is 0 Å². The van der Waals surface area contributed by atoms with Crippen LogP contribution < -0.4 is 15.3 Å². The molecule has 0 radical (unpaired) electrons. The Balaban J connectivity index is 0.00000102. The molecule has 1 nitrogen and oxygen atoms in total. The Bertz CT molecular complexity index is 2490. The summed E-state index contributed by atoms with van der Waals surface area (Å²) in [5.74, 6) is 0.465. The summed E-state index contributed by atoms with van der Waals surface area (Å²) in [6, 6.07) is 43.9. The monoisotopic (exact) mass is 757 g/mol. The van der Waals surface area contributed by atoms with Gasteiger partial charge in [-0.2, -0.15) is 0 Å². The Labute approximate surface area is 348 Å². The lowest BCUT2D eigenvalue weighted by molar-refractivity contribution is 0.677. The SMILES string of the molecule is C#C.C/C=C(/C1=CC=C(N(C2=CCC(C/C=c3/cccc/c3=C3\C=CC=CC3)C=C2)c2cccc3ccccc23)CC1)c1ccccc1-c1ccccc1.CC.CC. The summed E-state index contributed by atoms with van der Waals surface area (Å²) in [6.07, 6.45) is 38.5. The molecule has 1 unspecified atom stereocenters. The second kappa shape index (κ2) is 22.4. The minimum Gasteiger partial charge on any atom is -0.314 e. The van der Waals surface area contributed by atoms with Crippen molar-refractivity contribution >= 4 is 33.7 Å². The number of nitrogens with zero attached hydrogens (tertiary/aromatic N) is 1. The standard InChI is InChI=1S/C51H45N.2C2H6.C2H2/c1-2-46(50-26-14-13-24-48(50)40-18-7-4-8-19-40)43-32-36-45(37-33-43)52(51-27-15-22-41-20-10-12-25-49(41)51)44-34-29-38(30-35-44)28-31-42-21-9-11-23-47(42)39-16-5-3-6-17-39;3*1-2/h2-16,18-27,29,31-32,34-36,38H,17,28,30,33,37H2,1H3;2*1-2H3;1-2H/b42-31-,46-2-,47-39-;;;. The molecule has 0 saturated carbocycles. The van der Waals surface area contributed by atoms with Gasteiger partial charge in [0.05, 0.1) is 5.69 Å². The maximum absolute atomic E-state index is 4.00. The third kappa shape index (κ3) is 10.1. The predicted octanol–water partition coefficient (Wildman–Crippen LogP) is 14.3. The van der Waals surface area contributed by atoms with Crippen LogP contribution in [0.5, 0.6) is 0 Å². The van der Waals surface area contributed by atoms with Crippen LogP contribution in [-0.4, -0.2) is 0 Å². The van der Waals surface area contributed by atoms with Gasteiger partial charge >= 0.3 is 0 Å². The lowest BCUT2D eigenvalue weighted by Crippen LogP contribution is -2.26. The van der Waals surface area contributed by atoms with E-state index in [4.69, 9.17) is 0 Å². The Hall–Kier alpha value is -6.36. The smallest absolute Gasteiger partial charge is 0.0536 e. The molecule has 0 aliphatic heterocycles. The lowest BCUT2D eigenvalue weighted by atomic mass is 9.86. The zero-order valence-electron chi connectivity index (χ0n) is 35.1. The summed E-state index contributed by atoms with van der Waals surface area (Å²) >= 11 is 0. The number of allylic oxidation sites excluding steroid dienone is 13. The van der Waals surface area contributed by atoms with E-state index in [0.29, 0.717) is 5.92 Å². The van der Waals surface area contributed by atoms with Gasteiger partial charge in [-0.05, 0) is 112 Å². The number of benzene rings is 5. The maximum Gasteiger partial charge on any atom is 0.0536 e. The van der Waals surface area contributed by atoms with Crippen molar-refractivity contribution in [3.05, 3.63) is 215 Å². The molecular weight excluding hydrogens is 699 g/mol. The van der Waals surface area contributed by atoms with Crippen molar-refractivity contribution in [2.75, 3.05) is 4.90 Å². The van der Waals surface area contributed by atoms with Crippen molar-refractivity contribution in [2.24, 2.45) is 5.92 Å². The molecule has 1 atom stereocenters. The molecule has 8 rings (SSSR count). The molecule has 5 aromatic rings. The van der Waals surface area contributed by atoms with Gasteiger partial charge in [0, 0.05) is 16.8 Å². The summed E-state index contributed by atoms with van der Waals surface area (Å²) in [4.78, 5) is 2.52. The Kier molecular flexibility index (Phi) is 16.5. The highest BCUT2D eigenvalue weighted by Gasteiger charge is 2.23. The van der Waals surface area contributed by atoms with Gasteiger partial charge in [-0.3, -0.25) is 0 Å². The highest BCUT2D eigenvalue weighted by atomic mass is 15.2. The van der Waals surface area contributed by atoms with E-state index in [0.717, 1.165) is 32.1 Å². The molecule has 0 heterocycles. The number of rotatable bonds is 8. The average Bonchev–Trinajstić information content (AvgIpc) is 3.32. The number of terminal acetylenes is 1. The fraction of sp³-hybridized carbons (Fsp3) is 0.193. The zero-order valence-corrected chi connectivity index (χ0v) is 35.1. The van der Waals surface area contributed by atoms with E-state index in [2.05, 4.69) is 213 Å². The van der Waals surface area contributed by atoms with Gasteiger partial charge in [-0.1, -0.05) is 198 Å². The van der Waals surface area contributed by atoms with Crippen LogP contribution in [0.25, 0.3) is 39.1 Å². The Morgan fingerprint density at radius 2 is 1.45 bits per heavy atom. The molecular formula is C57H59N. The molecule has 292 valence electrons. The van der Waals surface area contributed by atoms with E-state index in [1.807, 2.05) is 27.7 Å². The van der Waals surface area contributed by atoms with Crippen molar-refractivity contribution in [3.8, 4) is 24.0 Å². The molecule has 0 saturated heterocycles. The van der Waals surface area contributed by atoms with Crippen LogP contribution in [0.3, 0.4) is 0 Å². The van der Waals surface area contributed by atoms with Crippen LogP contribution >= 0.6 is 0 Å². The summed E-state index contributed by atoms with van der Waals surface area (Å²) in [5.41, 5.74) is 11.7. The molecule has 0 N–H and O–H groups in total. The van der Waals surface area contributed by atoms with Gasteiger partial charge in [0.1, 0.15) is 0 Å². The van der Waals surface area contributed by atoms with Crippen LogP contribution in [0.4, 0.5) is 5.69 Å². The fourth-order valence-corrected chi connectivity index (χ4v) is 7.95. The molecule has 3 aliphatic rings. The zero-order chi connectivity index (χ0) is 41.1. The van der Waals surface area contributed by atoms with Gasteiger partial charge in [0.25, 0.3) is 0 Å². The molecule has 0 amide bonds. The van der Waals surface area contributed by atoms with Crippen LogP contribution in [0.1, 0.15) is 72.3 Å². The summed E-state index contributed by atoms with van der Waals surface area (Å²) < 4.78 is 0. The van der Waals surface area contributed by atoms with Gasteiger partial charge in [0.2, 0.25) is 0 Å². The third-order valence-electron chi connectivity index (χ3n) is 10.6. The first-order chi connectivity index (χ1) is 28.8. The van der Waals surface area contributed by atoms with Crippen molar-refractivity contribution in [1.82, 2.24) is 0 Å². The topological polar surface area (TPSA) is 3.24 Å². The quantitative estimate of drug-likeness (QED) is 0.143. The highest BCUT2D eigenvalue weighted by molar-refractivity contribution is 5.96. The Morgan fingerprint density at radius 3 is 2.17 bits per heavy atom. The average molecular weight is 758 g/mol. The number of hydrogen-bond donors (Lipinski definition) is 0. The third-order valence-corrected chi connectivity index (χ3v) is 10.6. The molecule has 0 fully saturated rings. The van der Waals surface area contributed by atoms with Crippen LogP contribution in [0.2, 0.25) is 0 Å². The lowest BCUT2D eigenvalue weighted by Gasteiger charge is -2.33.